The molecule has 8 heteroatoms. The van der Waals surface area contributed by atoms with Gasteiger partial charge in [-0.3, -0.25) is 9.59 Å². The molecule has 38 heavy (non-hydrogen) atoms. The van der Waals surface area contributed by atoms with E-state index in [9.17, 15) is 18.8 Å². The molecule has 0 bridgehead atoms. The number of aldehydes is 1. The van der Waals surface area contributed by atoms with Gasteiger partial charge in [-0.05, 0) is 81.0 Å². The van der Waals surface area contributed by atoms with Gasteiger partial charge in [0.25, 0.3) is 11.8 Å². The van der Waals surface area contributed by atoms with Gasteiger partial charge in [0.05, 0.1) is 30.0 Å². The fourth-order valence-corrected chi connectivity index (χ4v) is 5.33. The Morgan fingerprint density at radius 2 is 1.74 bits per heavy atom. The van der Waals surface area contributed by atoms with Crippen molar-refractivity contribution in [2.45, 2.75) is 71.8 Å². The van der Waals surface area contributed by atoms with E-state index in [4.69, 9.17) is 9.47 Å². The van der Waals surface area contributed by atoms with Crippen molar-refractivity contribution in [3.8, 4) is 11.5 Å². The maximum absolute atomic E-state index is 14.9. The summed E-state index contributed by atoms with van der Waals surface area (Å²) >= 11 is 0. The van der Waals surface area contributed by atoms with E-state index >= 15 is 0 Å². The summed E-state index contributed by atoms with van der Waals surface area (Å²) in [4.78, 5) is 37.7. The van der Waals surface area contributed by atoms with Gasteiger partial charge in [-0.2, -0.15) is 0 Å². The molecule has 7 nitrogen and oxygen atoms in total. The fraction of sp³-hybridized carbons (Fsp3) is 0.500. The highest BCUT2D eigenvalue weighted by molar-refractivity contribution is 6.11. The zero-order valence-electron chi connectivity index (χ0n) is 22.6. The average molecular weight is 525 g/mol. The molecule has 2 aliphatic rings. The molecular weight excluding hydrogens is 487 g/mol. The van der Waals surface area contributed by atoms with Gasteiger partial charge in [0.2, 0.25) is 0 Å². The summed E-state index contributed by atoms with van der Waals surface area (Å²) in [6.45, 7) is 6.47. The van der Waals surface area contributed by atoms with Gasteiger partial charge in [0, 0.05) is 18.5 Å². The van der Waals surface area contributed by atoms with E-state index in [0.717, 1.165) is 36.3 Å². The van der Waals surface area contributed by atoms with E-state index in [1.165, 1.54) is 19.6 Å². The van der Waals surface area contributed by atoms with Crippen LogP contribution in [0, 0.1) is 31.0 Å². The van der Waals surface area contributed by atoms with Crippen LogP contribution in [-0.4, -0.2) is 37.9 Å². The van der Waals surface area contributed by atoms with Crippen LogP contribution in [0.3, 0.4) is 0 Å². The fourth-order valence-electron chi connectivity index (χ4n) is 5.33. The van der Waals surface area contributed by atoms with E-state index in [1.54, 1.807) is 6.07 Å². The predicted octanol–water partition coefficient (Wildman–Crippen LogP) is 5.76. The first-order chi connectivity index (χ1) is 18.1. The quantitative estimate of drug-likeness (QED) is 0.407. The van der Waals surface area contributed by atoms with Crippen molar-refractivity contribution in [2.75, 3.05) is 19.0 Å². The maximum atomic E-state index is 14.9. The first-order valence-corrected chi connectivity index (χ1v) is 13.3. The lowest BCUT2D eigenvalue weighted by molar-refractivity contribution is -0.112. The minimum Gasteiger partial charge on any atom is -0.496 e. The zero-order chi connectivity index (χ0) is 27.4. The van der Waals surface area contributed by atoms with Crippen LogP contribution in [0.4, 0.5) is 10.1 Å². The molecule has 0 unspecified atom stereocenters. The van der Waals surface area contributed by atoms with Crippen molar-refractivity contribution in [1.29, 1.82) is 0 Å². The Morgan fingerprint density at radius 3 is 2.34 bits per heavy atom. The van der Waals surface area contributed by atoms with E-state index < -0.39 is 11.7 Å². The zero-order valence-corrected chi connectivity index (χ0v) is 22.6. The lowest BCUT2D eigenvalue weighted by Gasteiger charge is -2.38. The van der Waals surface area contributed by atoms with Gasteiger partial charge in [-0.1, -0.05) is 19.4 Å². The number of anilines is 1. The molecule has 2 aliphatic carbocycles. The second kappa shape index (κ2) is 11.5. The van der Waals surface area contributed by atoms with Crippen molar-refractivity contribution >= 4 is 23.8 Å². The van der Waals surface area contributed by atoms with Gasteiger partial charge in [0.1, 0.15) is 12.0 Å². The van der Waals surface area contributed by atoms with Crippen molar-refractivity contribution in [1.82, 2.24) is 5.32 Å². The molecule has 0 heterocycles. The highest BCUT2D eigenvalue weighted by Gasteiger charge is 2.32. The molecule has 0 radical (unpaired) electrons. The second-order valence-corrected chi connectivity index (χ2v) is 11.1. The van der Waals surface area contributed by atoms with Crippen LogP contribution in [0.15, 0.2) is 24.3 Å². The number of rotatable bonds is 9. The molecule has 4 rings (SSSR count). The molecule has 2 saturated carbocycles. The summed E-state index contributed by atoms with van der Waals surface area (Å²) in [5, 5.41) is 5.91. The van der Waals surface area contributed by atoms with Crippen LogP contribution >= 0.6 is 0 Å². The number of ether oxygens (including phenoxy) is 2. The van der Waals surface area contributed by atoms with Crippen LogP contribution < -0.4 is 20.1 Å². The van der Waals surface area contributed by atoms with E-state index in [2.05, 4.69) is 17.6 Å². The molecule has 2 aromatic carbocycles. The number of carbonyl (C=O) groups excluding carboxylic acids is 3. The Labute approximate surface area is 223 Å². The summed E-state index contributed by atoms with van der Waals surface area (Å²) in [6, 6.07) is 6.13. The van der Waals surface area contributed by atoms with E-state index in [0.29, 0.717) is 43.5 Å². The Balaban J connectivity index is 1.56. The highest BCUT2D eigenvalue weighted by atomic mass is 19.1. The number of amides is 2. The number of hydrogen-bond acceptors (Lipinski definition) is 5. The summed E-state index contributed by atoms with van der Waals surface area (Å²) in [6.07, 6.45) is 6.70. The number of hydrogen-bond donors (Lipinski definition) is 2. The largest absolute Gasteiger partial charge is 0.496 e. The molecule has 0 atom stereocenters. The molecule has 0 spiro atoms. The normalized spacial score (nSPS) is 20.1. The molecular formula is C30H37FN2O5. The van der Waals surface area contributed by atoms with Crippen LogP contribution in [0.5, 0.6) is 11.5 Å². The number of nitrogens with one attached hydrogen (secondary N) is 2. The number of carbonyl (C=O) groups is 3. The minimum atomic E-state index is -0.632. The first kappa shape index (κ1) is 27.6. The third kappa shape index (κ3) is 6.17. The minimum absolute atomic E-state index is 0.0117. The van der Waals surface area contributed by atoms with Gasteiger partial charge in [0.15, 0.2) is 11.6 Å². The number of benzene rings is 2. The van der Waals surface area contributed by atoms with Crippen LogP contribution in [0.25, 0.3) is 0 Å². The first-order valence-electron chi connectivity index (χ1n) is 13.3. The van der Waals surface area contributed by atoms with Crippen LogP contribution in [0.2, 0.25) is 0 Å². The summed E-state index contributed by atoms with van der Waals surface area (Å²) in [5.41, 5.74) is 2.63. The van der Waals surface area contributed by atoms with Gasteiger partial charge in [-0.25, -0.2) is 4.39 Å². The second-order valence-electron chi connectivity index (χ2n) is 11.1. The molecule has 0 aliphatic heterocycles. The van der Waals surface area contributed by atoms with Gasteiger partial charge >= 0.3 is 0 Å². The standard InChI is InChI=1S/C30H37FN2O5/c1-18-12-19(2)27(23(13-18)28(35)32-17-30(3)10-5-11-30)33-29(36)22-14-26(24(31)15-25(22)37-4)38-21-8-6-20(16-34)7-9-21/h12-16,20-21H,5-11,17H2,1-4H3,(H,32,35)(H,33,36). The summed E-state index contributed by atoms with van der Waals surface area (Å²) in [5.74, 6) is -1.39. The Morgan fingerprint density at radius 1 is 1.03 bits per heavy atom. The summed E-state index contributed by atoms with van der Waals surface area (Å²) < 4.78 is 26.1. The molecule has 0 aromatic heterocycles. The third-order valence-corrected chi connectivity index (χ3v) is 7.90. The smallest absolute Gasteiger partial charge is 0.259 e. The lowest BCUT2D eigenvalue weighted by atomic mass is 9.70. The van der Waals surface area contributed by atoms with Gasteiger partial charge < -0.3 is 24.9 Å². The van der Waals surface area contributed by atoms with Crippen molar-refractivity contribution in [2.24, 2.45) is 11.3 Å². The Kier molecular flexibility index (Phi) is 8.38. The molecule has 2 aromatic rings. The van der Waals surface area contributed by atoms with E-state index in [1.807, 2.05) is 19.9 Å². The third-order valence-electron chi connectivity index (χ3n) is 7.90. The number of methoxy groups -OCH3 is 1. The SMILES string of the molecule is COc1cc(F)c(OC2CCC(C=O)CC2)cc1C(=O)Nc1c(C)cc(C)cc1C(=O)NCC1(C)CCC1. The Hall–Kier alpha value is -3.42. The molecule has 204 valence electrons. The predicted molar refractivity (Wildman–Crippen MR) is 144 cm³/mol. The average Bonchev–Trinajstić information content (AvgIpc) is 2.88. The van der Waals surface area contributed by atoms with Crippen molar-refractivity contribution < 1.29 is 28.2 Å². The monoisotopic (exact) mass is 524 g/mol. The summed E-state index contributed by atoms with van der Waals surface area (Å²) in [7, 11) is 1.36. The molecule has 2 amide bonds. The van der Waals surface area contributed by atoms with E-state index in [-0.39, 0.29) is 40.4 Å². The lowest BCUT2D eigenvalue weighted by Crippen LogP contribution is -2.40. The van der Waals surface area contributed by atoms with Crippen molar-refractivity contribution in [3.05, 3.63) is 52.3 Å². The number of aryl methyl sites for hydroxylation is 2. The maximum Gasteiger partial charge on any atom is 0.259 e. The number of halogens is 1. The van der Waals surface area contributed by atoms with Crippen molar-refractivity contribution in [3.63, 3.8) is 0 Å². The highest BCUT2D eigenvalue weighted by Crippen LogP contribution is 2.39. The molecule has 2 N–H and O–H groups in total. The molecule has 0 saturated heterocycles. The van der Waals surface area contributed by atoms with Crippen LogP contribution in [-0.2, 0) is 4.79 Å². The molecule has 2 fully saturated rings. The van der Waals surface area contributed by atoms with Crippen LogP contribution in [0.1, 0.15) is 83.7 Å². The Bertz CT molecular complexity index is 1220. The topological polar surface area (TPSA) is 93.7 Å². The van der Waals surface area contributed by atoms with Gasteiger partial charge in [-0.15, -0.1) is 0 Å².